The lowest BCUT2D eigenvalue weighted by Crippen LogP contribution is -2.54. The number of rotatable bonds is 3. The minimum absolute atomic E-state index is 0.00613. The van der Waals surface area contributed by atoms with Gasteiger partial charge in [0.15, 0.2) is 0 Å². The van der Waals surface area contributed by atoms with E-state index in [4.69, 9.17) is 0 Å². The first-order chi connectivity index (χ1) is 14.6. The van der Waals surface area contributed by atoms with Gasteiger partial charge >= 0.3 is 0 Å². The Kier molecular flexibility index (Phi) is 6.50. The predicted octanol–water partition coefficient (Wildman–Crippen LogP) is 4.62. The van der Waals surface area contributed by atoms with E-state index in [1.165, 1.54) is 6.42 Å². The Labute approximate surface area is 192 Å². The monoisotopic (exact) mass is 464 g/mol. The molecular weight excluding hydrogens is 428 g/mol. The molecule has 4 rings (SSSR count). The van der Waals surface area contributed by atoms with Crippen molar-refractivity contribution in [2.24, 2.45) is 5.92 Å². The molecule has 3 fully saturated rings. The van der Waals surface area contributed by atoms with E-state index >= 15 is 0 Å². The molecule has 0 radical (unpaired) electrons. The fourth-order valence-corrected chi connectivity index (χ4v) is 8.16. The molecule has 7 heteroatoms. The molecule has 31 heavy (non-hydrogen) atoms. The van der Waals surface area contributed by atoms with Gasteiger partial charge in [0.05, 0.1) is 9.77 Å². The molecule has 1 aromatic rings. The Morgan fingerprint density at radius 1 is 1.00 bits per heavy atom. The zero-order chi connectivity index (χ0) is 22.3. The van der Waals surface area contributed by atoms with Crippen molar-refractivity contribution < 1.29 is 13.2 Å². The SMILES string of the molecule is CC(C)(C)c1ccc(S(=O)(=O)N2CCC3(CC2)SCCN3C(=O)C2CCCCC2)cc1. The molecular formula is C24H36N2O3S2. The van der Waals surface area contributed by atoms with Crippen molar-refractivity contribution in [3.63, 3.8) is 0 Å². The normalized spacial score (nSPS) is 23.4. The lowest BCUT2D eigenvalue weighted by molar-refractivity contribution is -0.140. The van der Waals surface area contributed by atoms with Crippen LogP contribution in [0.3, 0.4) is 0 Å². The predicted molar refractivity (Wildman–Crippen MR) is 127 cm³/mol. The number of hydrogen-bond donors (Lipinski definition) is 0. The number of thioether (sulfide) groups is 1. The quantitative estimate of drug-likeness (QED) is 0.655. The van der Waals surface area contributed by atoms with Crippen LogP contribution in [0.2, 0.25) is 0 Å². The fraction of sp³-hybridized carbons (Fsp3) is 0.708. The van der Waals surface area contributed by atoms with E-state index in [0.717, 1.165) is 56.4 Å². The largest absolute Gasteiger partial charge is 0.327 e. The highest BCUT2D eigenvalue weighted by Gasteiger charge is 2.49. The molecule has 1 saturated carbocycles. The first-order valence-corrected chi connectivity index (χ1v) is 14.1. The average Bonchev–Trinajstić information content (AvgIpc) is 3.16. The highest BCUT2D eigenvalue weighted by atomic mass is 32.2. The Morgan fingerprint density at radius 2 is 1.61 bits per heavy atom. The molecule has 0 unspecified atom stereocenters. The number of carbonyl (C=O) groups excluding carboxylic acids is 1. The van der Waals surface area contributed by atoms with E-state index in [1.54, 1.807) is 16.4 Å². The fourth-order valence-electron chi connectivity index (χ4n) is 5.26. The summed E-state index contributed by atoms with van der Waals surface area (Å²) in [5.41, 5.74) is 1.12. The van der Waals surface area contributed by atoms with Crippen molar-refractivity contribution in [1.82, 2.24) is 9.21 Å². The summed E-state index contributed by atoms with van der Waals surface area (Å²) < 4.78 is 28.1. The molecule has 2 aliphatic heterocycles. The van der Waals surface area contributed by atoms with Gasteiger partial charge in [0.25, 0.3) is 0 Å². The van der Waals surface area contributed by atoms with Gasteiger partial charge in [-0.05, 0) is 48.8 Å². The van der Waals surface area contributed by atoms with Crippen molar-refractivity contribution >= 4 is 27.7 Å². The van der Waals surface area contributed by atoms with Gasteiger partial charge in [0.2, 0.25) is 15.9 Å². The molecule has 1 spiro atoms. The molecule has 0 aromatic heterocycles. The average molecular weight is 465 g/mol. The van der Waals surface area contributed by atoms with Crippen LogP contribution in [0.1, 0.15) is 71.3 Å². The van der Waals surface area contributed by atoms with Crippen molar-refractivity contribution in [3.05, 3.63) is 29.8 Å². The topological polar surface area (TPSA) is 57.7 Å². The summed E-state index contributed by atoms with van der Waals surface area (Å²) in [6.07, 6.45) is 7.02. The number of sulfonamides is 1. The molecule has 1 amide bonds. The molecule has 0 atom stereocenters. The third-order valence-corrected chi connectivity index (χ3v) is 10.7. The number of amides is 1. The van der Waals surface area contributed by atoms with E-state index in [-0.39, 0.29) is 16.2 Å². The van der Waals surface area contributed by atoms with E-state index in [9.17, 15) is 13.2 Å². The van der Waals surface area contributed by atoms with E-state index < -0.39 is 10.0 Å². The minimum atomic E-state index is -3.51. The number of nitrogens with zero attached hydrogens (tertiary/aromatic N) is 2. The standard InChI is InChI=1S/C24H36N2O3S2/c1-23(2,3)20-9-11-21(12-10-20)31(28,29)25-15-13-24(14-16-25)26(17-18-30-24)22(27)19-7-5-4-6-8-19/h9-12,19H,4-8,13-18H2,1-3H3. The van der Waals surface area contributed by atoms with Crippen LogP contribution in [-0.2, 0) is 20.2 Å². The van der Waals surface area contributed by atoms with Crippen LogP contribution in [0.4, 0.5) is 0 Å². The molecule has 0 N–H and O–H groups in total. The Hall–Kier alpha value is -1.05. The van der Waals surface area contributed by atoms with E-state index in [1.807, 2.05) is 23.9 Å². The van der Waals surface area contributed by atoms with Gasteiger partial charge < -0.3 is 4.90 Å². The van der Waals surface area contributed by atoms with Crippen LogP contribution in [0.15, 0.2) is 29.2 Å². The van der Waals surface area contributed by atoms with Crippen LogP contribution < -0.4 is 0 Å². The van der Waals surface area contributed by atoms with Crippen LogP contribution in [-0.4, -0.2) is 53.8 Å². The minimum Gasteiger partial charge on any atom is -0.327 e. The van der Waals surface area contributed by atoms with Crippen LogP contribution in [0, 0.1) is 5.92 Å². The summed E-state index contributed by atoms with van der Waals surface area (Å²) >= 11 is 1.86. The zero-order valence-corrected chi connectivity index (χ0v) is 20.7. The van der Waals surface area contributed by atoms with Gasteiger partial charge in [0, 0.05) is 31.3 Å². The molecule has 2 saturated heterocycles. The third-order valence-electron chi connectivity index (χ3n) is 7.26. The Bertz CT molecular complexity index is 892. The number of carbonyl (C=O) groups is 1. The van der Waals surface area contributed by atoms with Gasteiger partial charge in [-0.15, -0.1) is 11.8 Å². The summed E-state index contributed by atoms with van der Waals surface area (Å²) in [7, 11) is -3.51. The molecule has 172 valence electrons. The molecule has 0 bridgehead atoms. The van der Waals surface area contributed by atoms with Crippen molar-refractivity contribution in [2.45, 2.75) is 80.9 Å². The smallest absolute Gasteiger partial charge is 0.243 e. The van der Waals surface area contributed by atoms with Crippen LogP contribution >= 0.6 is 11.8 Å². The number of piperidine rings is 1. The number of hydrogen-bond acceptors (Lipinski definition) is 4. The number of benzene rings is 1. The van der Waals surface area contributed by atoms with Gasteiger partial charge in [-0.2, -0.15) is 4.31 Å². The van der Waals surface area contributed by atoms with E-state index in [0.29, 0.717) is 23.9 Å². The van der Waals surface area contributed by atoms with Gasteiger partial charge in [0.1, 0.15) is 0 Å². The second-order valence-electron chi connectivity index (χ2n) is 10.3. The maximum atomic E-state index is 13.3. The van der Waals surface area contributed by atoms with Gasteiger partial charge in [-0.1, -0.05) is 52.2 Å². The first-order valence-electron chi connectivity index (χ1n) is 11.7. The van der Waals surface area contributed by atoms with Crippen LogP contribution in [0.5, 0.6) is 0 Å². The molecule has 1 aliphatic carbocycles. The lowest BCUT2D eigenvalue weighted by atomic mass is 9.87. The van der Waals surface area contributed by atoms with Crippen molar-refractivity contribution in [1.29, 1.82) is 0 Å². The van der Waals surface area contributed by atoms with Crippen molar-refractivity contribution in [2.75, 3.05) is 25.4 Å². The summed E-state index contributed by atoms with van der Waals surface area (Å²) in [6, 6.07) is 7.33. The second-order valence-corrected chi connectivity index (χ2v) is 13.7. The van der Waals surface area contributed by atoms with Gasteiger partial charge in [-0.25, -0.2) is 8.42 Å². The van der Waals surface area contributed by atoms with Crippen molar-refractivity contribution in [3.8, 4) is 0 Å². The highest BCUT2D eigenvalue weighted by molar-refractivity contribution is 8.00. The molecule has 1 aromatic carbocycles. The summed E-state index contributed by atoms with van der Waals surface area (Å²) in [6.45, 7) is 8.14. The van der Waals surface area contributed by atoms with E-state index in [2.05, 4.69) is 25.7 Å². The Morgan fingerprint density at radius 3 is 2.19 bits per heavy atom. The summed E-state index contributed by atoms with van der Waals surface area (Å²) in [4.78, 5) is 15.5. The van der Waals surface area contributed by atoms with Gasteiger partial charge in [-0.3, -0.25) is 4.79 Å². The Balaban J connectivity index is 1.45. The summed E-state index contributed by atoms with van der Waals surface area (Å²) in [5, 5.41) is 0. The summed E-state index contributed by atoms with van der Waals surface area (Å²) in [5.74, 6) is 1.45. The van der Waals surface area contributed by atoms with Crippen LogP contribution in [0.25, 0.3) is 0 Å². The first kappa shape index (κ1) is 23.1. The maximum absolute atomic E-state index is 13.3. The third kappa shape index (κ3) is 4.55. The lowest BCUT2D eigenvalue weighted by Gasteiger charge is -2.44. The second kappa shape index (κ2) is 8.71. The molecule has 5 nitrogen and oxygen atoms in total. The highest BCUT2D eigenvalue weighted by Crippen LogP contribution is 2.46. The molecule has 2 heterocycles. The molecule has 3 aliphatic rings. The maximum Gasteiger partial charge on any atom is 0.243 e. The zero-order valence-electron chi connectivity index (χ0n) is 19.1.